The van der Waals surface area contributed by atoms with Crippen molar-refractivity contribution in [3.8, 4) is 0 Å². The van der Waals surface area contributed by atoms with Gasteiger partial charge in [-0.3, -0.25) is 4.79 Å². The quantitative estimate of drug-likeness (QED) is 0.724. The maximum atomic E-state index is 11.4. The molecule has 3 heteroatoms. The molecule has 0 radical (unpaired) electrons. The van der Waals surface area contributed by atoms with Gasteiger partial charge in [-0.1, -0.05) is 37.1 Å². The number of rotatable bonds is 5. The molecule has 16 heavy (non-hydrogen) atoms. The second-order valence-corrected chi connectivity index (χ2v) is 4.22. The summed E-state index contributed by atoms with van der Waals surface area (Å²) in [6, 6.07) is 7.35. The molecular weight excluding hydrogens is 224 g/mol. The molecule has 0 N–H and O–H groups in total. The van der Waals surface area contributed by atoms with Gasteiger partial charge in [0.2, 0.25) is 0 Å². The van der Waals surface area contributed by atoms with E-state index in [1.165, 1.54) is 0 Å². The zero-order chi connectivity index (χ0) is 12.0. The Kier molecular flexibility index (Phi) is 5.33. The largest absolute Gasteiger partial charge is 0.458 e. The maximum Gasteiger partial charge on any atom is 0.306 e. The van der Waals surface area contributed by atoms with Crippen molar-refractivity contribution in [1.29, 1.82) is 0 Å². The Morgan fingerprint density at radius 3 is 2.56 bits per heavy atom. The third-order valence-corrected chi connectivity index (χ3v) is 2.63. The number of esters is 1. The molecule has 0 heterocycles. The topological polar surface area (TPSA) is 26.3 Å². The average Bonchev–Trinajstić information content (AvgIpc) is 2.27. The van der Waals surface area contributed by atoms with Crippen molar-refractivity contribution in [2.24, 2.45) is 0 Å². The molecule has 0 spiro atoms. The first-order valence-corrected chi connectivity index (χ1v) is 5.96. The summed E-state index contributed by atoms with van der Waals surface area (Å²) in [5.74, 6) is -0.135. The van der Waals surface area contributed by atoms with Crippen LogP contribution in [0.3, 0.4) is 0 Å². The lowest BCUT2D eigenvalue weighted by atomic mass is 10.1. The first-order valence-electron chi connectivity index (χ1n) is 5.58. The zero-order valence-electron chi connectivity index (χ0n) is 9.70. The van der Waals surface area contributed by atoms with Gasteiger partial charge in [-0.2, -0.15) is 0 Å². The SMILES string of the molecule is CCCCC(=O)O[C@H](C)c1ccc(Cl)cc1. The van der Waals surface area contributed by atoms with Crippen LogP contribution in [-0.4, -0.2) is 5.97 Å². The number of carbonyl (C=O) groups is 1. The minimum Gasteiger partial charge on any atom is -0.458 e. The minimum absolute atomic E-state index is 0.135. The van der Waals surface area contributed by atoms with Gasteiger partial charge in [0.15, 0.2) is 0 Å². The number of carbonyl (C=O) groups excluding carboxylic acids is 1. The van der Waals surface area contributed by atoms with E-state index in [9.17, 15) is 4.79 Å². The van der Waals surface area contributed by atoms with Gasteiger partial charge in [0.1, 0.15) is 6.10 Å². The van der Waals surface area contributed by atoms with Gasteiger partial charge in [-0.25, -0.2) is 0 Å². The number of unbranched alkanes of at least 4 members (excludes halogenated alkanes) is 1. The third-order valence-electron chi connectivity index (χ3n) is 2.38. The van der Waals surface area contributed by atoms with Crippen LogP contribution in [0.2, 0.25) is 5.02 Å². The van der Waals surface area contributed by atoms with E-state index < -0.39 is 0 Å². The molecule has 0 fully saturated rings. The summed E-state index contributed by atoms with van der Waals surface area (Å²) >= 11 is 5.78. The Hall–Kier alpha value is -1.02. The Morgan fingerprint density at radius 1 is 1.38 bits per heavy atom. The molecule has 0 saturated heterocycles. The van der Waals surface area contributed by atoms with Crippen LogP contribution >= 0.6 is 11.6 Å². The van der Waals surface area contributed by atoms with Gasteiger partial charge in [0.25, 0.3) is 0 Å². The van der Waals surface area contributed by atoms with Crippen molar-refractivity contribution >= 4 is 17.6 Å². The number of benzene rings is 1. The molecule has 1 atom stereocenters. The van der Waals surface area contributed by atoms with E-state index in [0.717, 1.165) is 18.4 Å². The van der Waals surface area contributed by atoms with Crippen LogP contribution in [0.4, 0.5) is 0 Å². The van der Waals surface area contributed by atoms with Crippen LogP contribution < -0.4 is 0 Å². The zero-order valence-corrected chi connectivity index (χ0v) is 10.5. The van der Waals surface area contributed by atoms with Crippen LogP contribution in [-0.2, 0) is 9.53 Å². The molecule has 1 aromatic carbocycles. The highest BCUT2D eigenvalue weighted by Crippen LogP contribution is 2.19. The molecule has 0 bridgehead atoms. The Balaban J connectivity index is 2.48. The standard InChI is InChI=1S/C13H17ClO2/c1-3-4-5-13(15)16-10(2)11-6-8-12(14)9-7-11/h6-10H,3-5H2,1-2H3/t10-/m1/s1. The van der Waals surface area contributed by atoms with E-state index in [-0.39, 0.29) is 12.1 Å². The summed E-state index contributed by atoms with van der Waals surface area (Å²) in [5, 5.41) is 0.688. The molecule has 0 amide bonds. The van der Waals surface area contributed by atoms with E-state index >= 15 is 0 Å². The fourth-order valence-electron chi connectivity index (χ4n) is 1.38. The van der Waals surface area contributed by atoms with E-state index in [1.807, 2.05) is 19.1 Å². The van der Waals surface area contributed by atoms with E-state index in [2.05, 4.69) is 6.92 Å². The Labute approximate surface area is 102 Å². The summed E-state index contributed by atoms with van der Waals surface area (Å²) in [5.41, 5.74) is 0.967. The first-order chi connectivity index (χ1) is 7.63. The van der Waals surface area contributed by atoms with E-state index in [4.69, 9.17) is 16.3 Å². The molecule has 1 rings (SSSR count). The highest BCUT2D eigenvalue weighted by molar-refractivity contribution is 6.30. The highest BCUT2D eigenvalue weighted by atomic mass is 35.5. The van der Waals surface area contributed by atoms with Gasteiger partial charge in [-0.15, -0.1) is 0 Å². The normalized spacial score (nSPS) is 12.2. The molecule has 2 nitrogen and oxygen atoms in total. The summed E-state index contributed by atoms with van der Waals surface area (Å²) in [6.07, 6.45) is 2.17. The molecule has 0 unspecified atom stereocenters. The maximum absolute atomic E-state index is 11.4. The molecule has 1 aromatic rings. The smallest absolute Gasteiger partial charge is 0.306 e. The lowest BCUT2D eigenvalue weighted by molar-refractivity contribution is -0.148. The molecule has 0 aromatic heterocycles. The van der Waals surface area contributed by atoms with Gasteiger partial charge in [0, 0.05) is 11.4 Å². The van der Waals surface area contributed by atoms with Gasteiger partial charge in [-0.05, 0) is 31.0 Å². The number of hydrogen-bond acceptors (Lipinski definition) is 2. The monoisotopic (exact) mass is 240 g/mol. The second kappa shape index (κ2) is 6.54. The van der Waals surface area contributed by atoms with Crippen molar-refractivity contribution in [3.05, 3.63) is 34.9 Å². The van der Waals surface area contributed by atoms with Crippen molar-refractivity contribution in [2.75, 3.05) is 0 Å². The van der Waals surface area contributed by atoms with Crippen LogP contribution in [0.1, 0.15) is 44.8 Å². The van der Waals surface area contributed by atoms with Crippen molar-refractivity contribution in [2.45, 2.75) is 39.2 Å². The molecule has 88 valence electrons. The predicted molar refractivity (Wildman–Crippen MR) is 65.5 cm³/mol. The van der Waals surface area contributed by atoms with Crippen LogP contribution in [0.15, 0.2) is 24.3 Å². The molecule has 0 saturated carbocycles. The summed E-state index contributed by atoms with van der Waals surface area (Å²) < 4.78 is 5.30. The number of hydrogen-bond donors (Lipinski definition) is 0. The highest BCUT2D eigenvalue weighted by Gasteiger charge is 2.10. The summed E-state index contributed by atoms with van der Waals surface area (Å²) in [6.45, 7) is 3.92. The second-order valence-electron chi connectivity index (χ2n) is 3.79. The van der Waals surface area contributed by atoms with Gasteiger partial charge in [0.05, 0.1) is 0 Å². The first kappa shape index (κ1) is 13.0. The molecule has 0 aliphatic carbocycles. The van der Waals surface area contributed by atoms with Gasteiger partial charge < -0.3 is 4.74 Å². The van der Waals surface area contributed by atoms with Crippen LogP contribution in [0, 0.1) is 0 Å². The van der Waals surface area contributed by atoms with Crippen molar-refractivity contribution in [3.63, 3.8) is 0 Å². The number of halogens is 1. The van der Waals surface area contributed by atoms with E-state index in [1.54, 1.807) is 12.1 Å². The minimum atomic E-state index is -0.207. The third kappa shape index (κ3) is 4.23. The fourth-order valence-corrected chi connectivity index (χ4v) is 1.51. The summed E-state index contributed by atoms with van der Waals surface area (Å²) in [4.78, 5) is 11.4. The fraction of sp³-hybridized carbons (Fsp3) is 0.462. The number of ether oxygens (including phenoxy) is 1. The van der Waals surface area contributed by atoms with E-state index in [0.29, 0.717) is 11.4 Å². The van der Waals surface area contributed by atoms with Crippen LogP contribution in [0.5, 0.6) is 0 Å². The average molecular weight is 241 g/mol. The Morgan fingerprint density at radius 2 is 2.00 bits per heavy atom. The Bertz CT molecular complexity index is 332. The molecule has 0 aliphatic heterocycles. The molecular formula is C13H17ClO2. The van der Waals surface area contributed by atoms with Crippen molar-refractivity contribution in [1.82, 2.24) is 0 Å². The lowest BCUT2D eigenvalue weighted by Gasteiger charge is -2.13. The lowest BCUT2D eigenvalue weighted by Crippen LogP contribution is -2.08. The van der Waals surface area contributed by atoms with Crippen molar-refractivity contribution < 1.29 is 9.53 Å². The predicted octanol–water partition coefficient (Wildman–Crippen LogP) is 4.13. The summed E-state index contributed by atoms with van der Waals surface area (Å²) in [7, 11) is 0. The molecule has 0 aliphatic rings. The van der Waals surface area contributed by atoms with Crippen LogP contribution in [0.25, 0.3) is 0 Å². The van der Waals surface area contributed by atoms with Gasteiger partial charge >= 0.3 is 5.97 Å².